The van der Waals surface area contributed by atoms with Gasteiger partial charge in [0.25, 0.3) is 0 Å². The quantitative estimate of drug-likeness (QED) is 0.315. The summed E-state index contributed by atoms with van der Waals surface area (Å²) in [4.78, 5) is 29.2. The summed E-state index contributed by atoms with van der Waals surface area (Å²) in [6.45, 7) is 6.14. The van der Waals surface area contributed by atoms with Crippen molar-refractivity contribution >= 4 is 27.5 Å². The van der Waals surface area contributed by atoms with Gasteiger partial charge < -0.3 is 10.2 Å². The maximum atomic E-state index is 14.1. The number of benzene rings is 3. The van der Waals surface area contributed by atoms with Crippen molar-refractivity contribution in [1.82, 2.24) is 10.2 Å². The molecule has 1 atom stereocenters. The van der Waals surface area contributed by atoms with Crippen LogP contribution in [0.4, 0.5) is 5.69 Å². The van der Waals surface area contributed by atoms with Crippen molar-refractivity contribution in [3.8, 4) is 0 Å². The van der Waals surface area contributed by atoms with Crippen LogP contribution in [0.15, 0.2) is 78.9 Å². The van der Waals surface area contributed by atoms with E-state index in [9.17, 15) is 18.0 Å². The van der Waals surface area contributed by atoms with Crippen molar-refractivity contribution in [1.29, 1.82) is 0 Å². The number of hydrogen-bond acceptors (Lipinski definition) is 4. The first-order valence-corrected chi connectivity index (χ1v) is 15.1. The Kier molecular flexibility index (Phi) is 10.7. The highest BCUT2D eigenvalue weighted by Gasteiger charge is 2.33. The van der Waals surface area contributed by atoms with Gasteiger partial charge in [0.1, 0.15) is 12.6 Å². The monoisotopic (exact) mass is 549 g/mol. The van der Waals surface area contributed by atoms with Gasteiger partial charge in [0.2, 0.25) is 21.8 Å². The Bertz CT molecular complexity index is 1360. The van der Waals surface area contributed by atoms with Gasteiger partial charge >= 0.3 is 0 Å². The minimum absolute atomic E-state index is 0.176. The highest BCUT2D eigenvalue weighted by atomic mass is 32.2. The van der Waals surface area contributed by atoms with E-state index in [1.807, 2.05) is 81.4 Å². The average molecular weight is 550 g/mol. The highest BCUT2D eigenvalue weighted by Crippen LogP contribution is 2.22. The highest BCUT2D eigenvalue weighted by molar-refractivity contribution is 7.92. The van der Waals surface area contributed by atoms with Crippen LogP contribution < -0.4 is 9.62 Å². The molecular formula is C31H39N3O4S. The van der Waals surface area contributed by atoms with Crippen LogP contribution in [-0.2, 0) is 32.6 Å². The van der Waals surface area contributed by atoms with Gasteiger partial charge in [-0.15, -0.1) is 0 Å². The second-order valence-electron chi connectivity index (χ2n) is 9.91. The van der Waals surface area contributed by atoms with E-state index in [1.54, 1.807) is 18.2 Å². The number of amides is 2. The lowest BCUT2D eigenvalue weighted by Gasteiger charge is -2.34. The molecule has 39 heavy (non-hydrogen) atoms. The third kappa shape index (κ3) is 8.68. The van der Waals surface area contributed by atoms with Crippen molar-refractivity contribution in [2.45, 2.75) is 52.6 Å². The Balaban J connectivity index is 2.04. The molecular weight excluding hydrogens is 510 g/mol. The van der Waals surface area contributed by atoms with Gasteiger partial charge in [-0.25, -0.2) is 8.42 Å². The molecule has 0 bridgehead atoms. The third-order valence-electron chi connectivity index (χ3n) is 6.67. The second kappa shape index (κ2) is 13.9. The smallest absolute Gasteiger partial charge is 0.244 e. The van der Waals surface area contributed by atoms with E-state index < -0.39 is 28.5 Å². The van der Waals surface area contributed by atoms with E-state index in [0.717, 1.165) is 45.7 Å². The molecule has 7 nitrogen and oxygen atoms in total. The Morgan fingerprint density at radius 1 is 0.923 bits per heavy atom. The fourth-order valence-corrected chi connectivity index (χ4v) is 5.27. The van der Waals surface area contributed by atoms with Crippen LogP contribution >= 0.6 is 0 Å². The summed E-state index contributed by atoms with van der Waals surface area (Å²) in [6.07, 6.45) is 3.15. The van der Waals surface area contributed by atoms with Crippen LogP contribution in [0, 0.1) is 13.8 Å². The number of anilines is 1. The lowest BCUT2D eigenvalue weighted by molar-refractivity contribution is -0.140. The summed E-state index contributed by atoms with van der Waals surface area (Å²) < 4.78 is 26.8. The molecule has 3 rings (SSSR count). The number of aryl methyl sites for hydroxylation is 2. The Hall–Kier alpha value is -3.65. The molecule has 0 aliphatic carbocycles. The maximum Gasteiger partial charge on any atom is 0.244 e. The lowest BCUT2D eigenvalue weighted by atomic mass is 10.0. The summed E-state index contributed by atoms with van der Waals surface area (Å²) in [7, 11) is -3.78. The van der Waals surface area contributed by atoms with E-state index in [2.05, 4.69) is 5.32 Å². The normalized spacial score (nSPS) is 12.0. The van der Waals surface area contributed by atoms with Crippen molar-refractivity contribution < 1.29 is 18.0 Å². The van der Waals surface area contributed by atoms with Crippen molar-refractivity contribution in [2.75, 3.05) is 23.7 Å². The van der Waals surface area contributed by atoms with Gasteiger partial charge in [-0.2, -0.15) is 0 Å². The number of hydrogen-bond donors (Lipinski definition) is 1. The molecule has 208 valence electrons. The molecule has 3 aromatic rings. The first-order chi connectivity index (χ1) is 18.6. The minimum Gasteiger partial charge on any atom is -0.354 e. The molecule has 3 aromatic carbocycles. The van der Waals surface area contributed by atoms with Crippen LogP contribution in [0.1, 0.15) is 42.0 Å². The molecule has 0 saturated heterocycles. The summed E-state index contributed by atoms with van der Waals surface area (Å²) in [5.41, 5.74) is 4.08. The van der Waals surface area contributed by atoms with Crippen molar-refractivity contribution in [2.24, 2.45) is 0 Å². The molecule has 0 fully saturated rings. The molecule has 8 heteroatoms. The molecule has 0 aliphatic heterocycles. The number of unbranched alkanes of at least 4 members (excludes halogenated alkanes) is 1. The fourth-order valence-electron chi connectivity index (χ4n) is 4.43. The summed E-state index contributed by atoms with van der Waals surface area (Å²) in [6, 6.07) is 23.5. The van der Waals surface area contributed by atoms with Crippen molar-refractivity contribution in [3.63, 3.8) is 0 Å². The predicted molar refractivity (Wildman–Crippen MR) is 157 cm³/mol. The Labute approximate surface area is 232 Å². The molecule has 0 radical (unpaired) electrons. The van der Waals surface area contributed by atoms with E-state index in [-0.39, 0.29) is 12.5 Å². The molecule has 2 amide bonds. The zero-order valence-electron chi connectivity index (χ0n) is 23.3. The van der Waals surface area contributed by atoms with Gasteiger partial charge in [0.15, 0.2) is 0 Å². The SMILES string of the molecule is CCCCNC(=O)[C@@H](Cc1ccccc1)N(Cc1ccccc1C)C(=O)CN(c1cccc(C)c1)S(C)(=O)=O. The predicted octanol–water partition coefficient (Wildman–Crippen LogP) is 4.63. The molecule has 0 aliphatic rings. The number of rotatable bonds is 13. The molecule has 0 unspecified atom stereocenters. The number of carbonyl (C=O) groups excluding carboxylic acids is 2. The van der Waals surface area contributed by atoms with E-state index >= 15 is 0 Å². The largest absolute Gasteiger partial charge is 0.354 e. The van der Waals surface area contributed by atoms with Gasteiger partial charge in [-0.3, -0.25) is 13.9 Å². The van der Waals surface area contributed by atoms with E-state index in [4.69, 9.17) is 0 Å². The van der Waals surface area contributed by atoms with Gasteiger partial charge in [-0.05, 0) is 54.7 Å². The molecule has 0 saturated carbocycles. The van der Waals surface area contributed by atoms with E-state index in [1.165, 1.54) is 4.90 Å². The maximum absolute atomic E-state index is 14.1. The first-order valence-electron chi connectivity index (χ1n) is 13.3. The lowest BCUT2D eigenvalue weighted by Crippen LogP contribution is -2.53. The zero-order valence-corrected chi connectivity index (χ0v) is 24.1. The van der Waals surface area contributed by atoms with E-state index in [0.29, 0.717) is 18.7 Å². The van der Waals surface area contributed by atoms with Crippen LogP contribution in [0.3, 0.4) is 0 Å². The molecule has 0 spiro atoms. The van der Waals surface area contributed by atoms with Crippen LogP contribution in [0.2, 0.25) is 0 Å². The minimum atomic E-state index is -3.78. The number of sulfonamides is 1. The van der Waals surface area contributed by atoms with Gasteiger partial charge in [0, 0.05) is 19.5 Å². The number of carbonyl (C=O) groups is 2. The Morgan fingerprint density at radius 3 is 2.26 bits per heavy atom. The standard InChI is InChI=1S/C31H39N3O4S/c1-5-6-19-32-31(36)29(21-26-15-8-7-9-16-26)33(22-27-17-11-10-14-25(27)3)30(35)23-34(39(4,37)38)28-18-12-13-24(2)20-28/h7-18,20,29H,5-6,19,21-23H2,1-4H3,(H,32,36)/t29-/m1/s1. The summed E-state index contributed by atoms with van der Waals surface area (Å²) >= 11 is 0. The van der Waals surface area contributed by atoms with Crippen LogP contribution in [0.25, 0.3) is 0 Å². The number of nitrogens with one attached hydrogen (secondary N) is 1. The molecule has 0 heterocycles. The summed E-state index contributed by atoms with van der Waals surface area (Å²) in [5, 5.41) is 3.00. The first kappa shape index (κ1) is 29.9. The zero-order chi connectivity index (χ0) is 28.4. The average Bonchev–Trinajstić information content (AvgIpc) is 2.90. The number of nitrogens with zero attached hydrogens (tertiary/aromatic N) is 2. The molecule has 1 N–H and O–H groups in total. The topological polar surface area (TPSA) is 86.8 Å². The van der Waals surface area contributed by atoms with Crippen molar-refractivity contribution in [3.05, 3.63) is 101 Å². The van der Waals surface area contributed by atoms with Crippen LogP contribution in [0.5, 0.6) is 0 Å². The fraction of sp³-hybridized carbons (Fsp3) is 0.355. The van der Waals surface area contributed by atoms with Gasteiger partial charge in [0.05, 0.1) is 11.9 Å². The van der Waals surface area contributed by atoms with Gasteiger partial charge in [-0.1, -0.05) is 80.1 Å². The molecule has 0 aromatic heterocycles. The van der Waals surface area contributed by atoms with Crippen LogP contribution in [-0.4, -0.2) is 50.5 Å². The second-order valence-corrected chi connectivity index (χ2v) is 11.8. The summed E-state index contributed by atoms with van der Waals surface area (Å²) in [5.74, 6) is -0.701. The Morgan fingerprint density at radius 2 is 1.62 bits per heavy atom. The third-order valence-corrected chi connectivity index (χ3v) is 7.81.